The Morgan fingerprint density at radius 3 is 2.53 bits per heavy atom. The second-order valence-electron chi connectivity index (χ2n) is 10.5. The van der Waals surface area contributed by atoms with Gasteiger partial charge >= 0.3 is 5.97 Å². The molecule has 0 aromatic heterocycles. The predicted molar refractivity (Wildman–Crippen MR) is 140 cm³/mol. The molecule has 2 heterocycles. The van der Waals surface area contributed by atoms with Gasteiger partial charge in [-0.25, -0.2) is 0 Å². The molecule has 2 aliphatic heterocycles. The molecule has 3 aliphatic rings. The Morgan fingerprint density at radius 2 is 1.79 bits per heavy atom. The Morgan fingerprint density at radius 1 is 1.00 bits per heavy atom. The van der Waals surface area contributed by atoms with Crippen molar-refractivity contribution in [1.82, 2.24) is 4.90 Å². The third-order valence-electron chi connectivity index (χ3n) is 8.24. The first kappa shape index (κ1) is 25.3. The van der Waals surface area contributed by atoms with Gasteiger partial charge in [0.1, 0.15) is 17.1 Å². The zero-order valence-corrected chi connectivity index (χ0v) is 21.8. The third-order valence-corrected chi connectivity index (χ3v) is 8.24. The molecular formula is C30H45NO3. The molecule has 0 N–H and O–H groups in total. The number of aryl methyl sites for hydroxylation is 1. The van der Waals surface area contributed by atoms with Crippen molar-refractivity contribution in [3.63, 3.8) is 0 Å². The lowest BCUT2D eigenvalue weighted by Crippen LogP contribution is -2.39. The summed E-state index contributed by atoms with van der Waals surface area (Å²) in [6.45, 7) is 10.1. The zero-order chi connectivity index (χ0) is 24.0. The molecule has 0 bridgehead atoms. The van der Waals surface area contributed by atoms with Gasteiger partial charge in [-0.3, -0.25) is 4.79 Å². The van der Waals surface area contributed by atoms with E-state index in [1.807, 2.05) is 0 Å². The normalized spacial score (nSPS) is 19.5. The number of fused-ring (bicyclic) bond motifs is 2. The fourth-order valence-electron chi connectivity index (χ4n) is 6.25. The summed E-state index contributed by atoms with van der Waals surface area (Å²) in [6, 6.07) is 4.37. The maximum Gasteiger partial charge on any atom is 0.311 e. The van der Waals surface area contributed by atoms with Crippen LogP contribution in [-0.2, 0) is 11.2 Å². The number of likely N-dealkylation sites (tertiary alicyclic amines) is 1. The quantitative estimate of drug-likeness (QED) is 0.192. The molecular weight excluding hydrogens is 422 g/mol. The van der Waals surface area contributed by atoms with E-state index in [4.69, 9.17) is 9.47 Å². The molecule has 0 radical (unpaired) electrons. The SMILES string of the molecule is CCCCCc1cc(OC(=O)CCCN2CCCCC2)c2c(c1)OC(CC)(CC)C1=C2CCC1. The van der Waals surface area contributed by atoms with E-state index >= 15 is 0 Å². The second kappa shape index (κ2) is 11.7. The van der Waals surface area contributed by atoms with Gasteiger partial charge in [-0.1, -0.05) is 40.0 Å². The van der Waals surface area contributed by atoms with Crippen LogP contribution in [0, 0.1) is 0 Å². The number of hydrogen-bond donors (Lipinski definition) is 0. The fraction of sp³-hybridized carbons (Fsp3) is 0.700. The lowest BCUT2D eigenvalue weighted by molar-refractivity contribution is -0.134. The van der Waals surface area contributed by atoms with Crippen LogP contribution in [0.4, 0.5) is 0 Å². The van der Waals surface area contributed by atoms with E-state index in [1.54, 1.807) is 0 Å². The Hall–Kier alpha value is -1.81. The molecule has 1 aromatic rings. The summed E-state index contributed by atoms with van der Waals surface area (Å²) in [6.07, 6.45) is 15.1. The molecule has 0 unspecified atom stereocenters. The molecule has 0 spiro atoms. The molecule has 1 aromatic carbocycles. The number of allylic oxidation sites excluding steroid dienone is 1. The number of carbonyl (C=O) groups excluding carboxylic acids is 1. The van der Waals surface area contributed by atoms with Crippen molar-refractivity contribution in [2.45, 2.75) is 116 Å². The van der Waals surface area contributed by atoms with E-state index in [-0.39, 0.29) is 11.6 Å². The smallest absolute Gasteiger partial charge is 0.311 e. The highest BCUT2D eigenvalue weighted by molar-refractivity contribution is 5.84. The van der Waals surface area contributed by atoms with Crippen molar-refractivity contribution < 1.29 is 14.3 Å². The third kappa shape index (κ3) is 5.53. The average molecular weight is 468 g/mol. The standard InChI is InChI=1S/C30H45NO3/c1-4-7-9-14-23-21-26(33-28(32)17-13-20-31-18-10-8-11-19-31)29-24-15-12-16-25(24)30(5-2,6-3)34-27(29)22-23/h21-22H,4-20H2,1-3H3. The minimum Gasteiger partial charge on any atom is -0.482 e. The number of nitrogens with zero attached hydrogens (tertiary/aromatic N) is 1. The van der Waals surface area contributed by atoms with Crippen molar-refractivity contribution in [2.24, 2.45) is 0 Å². The molecule has 1 aliphatic carbocycles. The van der Waals surface area contributed by atoms with Crippen LogP contribution < -0.4 is 9.47 Å². The largest absolute Gasteiger partial charge is 0.482 e. The molecule has 0 amide bonds. The summed E-state index contributed by atoms with van der Waals surface area (Å²) in [5.74, 6) is 1.57. The van der Waals surface area contributed by atoms with Gasteiger partial charge < -0.3 is 14.4 Å². The summed E-state index contributed by atoms with van der Waals surface area (Å²) in [5.41, 5.74) is 4.93. The first-order chi connectivity index (χ1) is 16.6. The van der Waals surface area contributed by atoms with Crippen LogP contribution >= 0.6 is 0 Å². The summed E-state index contributed by atoms with van der Waals surface area (Å²) in [4.78, 5) is 15.4. The summed E-state index contributed by atoms with van der Waals surface area (Å²) < 4.78 is 12.9. The highest BCUT2D eigenvalue weighted by atomic mass is 16.5. The maximum atomic E-state index is 12.9. The summed E-state index contributed by atoms with van der Waals surface area (Å²) >= 11 is 0. The molecule has 0 atom stereocenters. The van der Waals surface area contributed by atoms with Gasteiger partial charge in [-0.2, -0.15) is 0 Å². The van der Waals surface area contributed by atoms with Gasteiger partial charge in [0.2, 0.25) is 0 Å². The second-order valence-corrected chi connectivity index (χ2v) is 10.5. The van der Waals surface area contributed by atoms with Crippen molar-refractivity contribution in [3.8, 4) is 11.5 Å². The van der Waals surface area contributed by atoms with Crippen molar-refractivity contribution in [1.29, 1.82) is 0 Å². The molecule has 34 heavy (non-hydrogen) atoms. The van der Waals surface area contributed by atoms with E-state index in [2.05, 4.69) is 37.8 Å². The van der Waals surface area contributed by atoms with E-state index in [9.17, 15) is 4.79 Å². The van der Waals surface area contributed by atoms with E-state index in [0.29, 0.717) is 6.42 Å². The van der Waals surface area contributed by atoms with Crippen LogP contribution in [0.3, 0.4) is 0 Å². The Bertz CT molecular complexity index is 877. The Kier molecular flexibility index (Phi) is 8.74. The lowest BCUT2D eigenvalue weighted by Gasteiger charge is -2.40. The average Bonchev–Trinajstić information content (AvgIpc) is 3.35. The van der Waals surface area contributed by atoms with Crippen molar-refractivity contribution >= 4 is 11.5 Å². The first-order valence-corrected chi connectivity index (χ1v) is 14.1. The Balaban J connectivity index is 1.55. The number of hydrogen-bond acceptors (Lipinski definition) is 4. The van der Waals surface area contributed by atoms with E-state index in [1.165, 1.54) is 61.9 Å². The van der Waals surface area contributed by atoms with Gasteiger partial charge in [-0.15, -0.1) is 0 Å². The number of rotatable bonds is 11. The van der Waals surface area contributed by atoms with Crippen LogP contribution in [0.15, 0.2) is 17.7 Å². The minimum absolute atomic E-state index is 0.104. The Labute approximate surface area is 207 Å². The number of piperidine rings is 1. The van der Waals surface area contributed by atoms with Gasteiger partial charge in [0, 0.05) is 6.42 Å². The molecule has 1 fully saturated rings. The lowest BCUT2D eigenvalue weighted by atomic mass is 9.81. The van der Waals surface area contributed by atoms with Crippen molar-refractivity contribution in [2.75, 3.05) is 19.6 Å². The van der Waals surface area contributed by atoms with Crippen LogP contribution in [0.2, 0.25) is 0 Å². The molecule has 1 saturated heterocycles. The van der Waals surface area contributed by atoms with Crippen LogP contribution in [0.5, 0.6) is 11.5 Å². The van der Waals surface area contributed by atoms with Gasteiger partial charge in [0.15, 0.2) is 0 Å². The molecule has 0 saturated carbocycles. The van der Waals surface area contributed by atoms with Crippen LogP contribution in [0.1, 0.15) is 115 Å². The maximum absolute atomic E-state index is 12.9. The topological polar surface area (TPSA) is 38.8 Å². The van der Waals surface area contributed by atoms with E-state index < -0.39 is 0 Å². The summed E-state index contributed by atoms with van der Waals surface area (Å²) in [7, 11) is 0. The van der Waals surface area contributed by atoms with Crippen molar-refractivity contribution in [3.05, 3.63) is 28.8 Å². The van der Waals surface area contributed by atoms with Gasteiger partial charge in [-0.05, 0) is 113 Å². The number of esters is 1. The molecule has 4 heteroatoms. The number of carbonyl (C=O) groups is 1. The number of ether oxygens (including phenoxy) is 2. The zero-order valence-electron chi connectivity index (χ0n) is 21.8. The first-order valence-electron chi connectivity index (χ1n) is 14.1. The molecule has 188 valence electrons. The number of unbranched alkanes of at least 4 members (excludes halogenated alkanes) is 2. The molecule has 4 nitrogen and oxygen atoms in total. The predicted octanol–water partition coefficient (Wildman–Crippen LogP) is 7.48. The highest BCUT2D eigenvalue weighted by Crippen LogP contribution is 2.54. The molecule has 4 rings (SSSR count). The van der Waals surface area contributed by atoms with Gasteiger partial charge in [0.25, 0.3) is 0 Å². The fourth-order valence-corrected chi connectivity index (χ4v) is 6.25. The van der Waals surface area contributed by atoms with Crippen LogP contribution in [0.25, 0.3) is 5.57 Å². The van der Waals surface area contributed by atoms with Gasteiger partial charge in [0.05, 0.1) is 5.56 Å². The minimum atomic E-state index is -0.198. The number of benzene rings is 1. The summed E-state index contributed by atoms with van der Waals surface area (Å²) in [5, 5.41) is 0. The van der Waals surface area contributed by atoms with Crippen LogP contribution in [-0.4, -0.2) is 36.1 Å². The monoisotopic (exact) mass is 467 g/mol. The highest BCUT2D eigenvalue weighted by Gasteiger charge is 2.43. The van der Waals surface area contributed by atoms with E-state index in [0.717, 1.165) is 75.0 Å².